The molecule has 1 aliphatic carbocycles. The number of nitriles is 1. The topological polar surface area (TPSA) is 60.2 Å². The molecule has 2 aliphatic rings. The summed E-state index contributed by atoms with van der Waals surface area (Å²) in [6, 6.07) is 18.4. The van der Waals surface area contributed by atoms with Gasteiger partial charge in [0.25, 0.3) is 5.91 Å². The van der Waals surface area contributed by atoms with Crippen LogP contribution in [0.4, 0.5) is 0 Å². The van der Waals surface area contributed by atoms with E-state index in [1.165, 1.54) is 30.4 Å². The molecule has 0 unspecified atom stereocenters. The van der Waals surface area contributed by atoms with E-state index in [1.807, 2.05) is 48.3 Å². The largest absolute Gasteiger partial charge is 0.339 e. The average Bonchev–Trinajstić information content (AvgIpc) is 2.90. The van der Waals surface area contributed by atoms with Gasteiger partial charge < -0.3 is 4.90 Å². The summed E-state index contributed by atoms with van der Waals surface area (Å²) in [6.45, 7) is 3.20. The molecule has 3 aromatic rings. The summed E-state index contributed by atoms with van der Waals surface area (Å²) in [5.74, 6) is 0.845. The molecular formula is C29H32N4O. The minimum absolute atomic E-state index is 0.105. The standard InChI is InChI=1S/C29H32N4O/c1-32(29(34)27-12-15-31-28-5-3-2-4-26(27)28)25-10-7-21(8-11-25)13-16-33-17-14-23-18-22(19-30)6-9-24(23)20-33/h2-6,9,12,15,18,21,25H,7-8,10-11,13-14,16-17,20H2,1H3. The van der Waals surface area contributed by atoms with E-state index in [0.717, 1.165) is 66.8 Å². The Balaban J connectivity index is 1.12. The van der Waals surface area contributed by atoms with Gasteiger partial charge in [0.1, 0.15) is 0 Å². The molecule has 5 nitrogen and oxygen atoms in total. The van der Waals surface area contributed by atoms with Crippen molar-refractivity contribution in [1.29, 1.82) is 5.26 Å². The molecule has 0 spiro atoms. The van der Waals surface area contributed by atoms with Crippen molar-refractivity contribution in [1.82, 2.24) is 14.8 Å². The molecule has 2 aromatic carbocycles. The smallest absolute Gasteiger partial charge is 0.254 e. The molecule has 0 saturated heterocycles. The fourth-order valence-electron chi connectivity index (χ4n) is 5.70. The van der Waals surface area contributed by atoms with Crippen LogP contribution in [0.15, 0.2) is 54.7 Å². The van der Waals surface area contributed by atoms with Crippen LogP contribution >= 0.6 is 0 Å². The van der Waals surface area contributed by atoms with E-state index in [9.17, 15) is 4.79 Å². The fourth-order valence-corrected chi connectivity index (χ4v) is 5.70. The second kappa shape index (κ2) is 9.95. The zero-order chi connectivity index (χ0) is 23.5. The van der Waals surface area contributed by atoms with Crippen molar-refractivity contribution in [2.24, 2.45) is 5.92 Å². The Kier molecular flexibility index (Phi) is 6.60. The van der Waals surface area contributed by atoms with E-state index in [2.05, 4.69) is 28.1 Å². The van der Waals surface area contributed by atoms with Crippen molar-refractivity contribution < 1.29 is 4.79 Å². The second-order valence-electron chi connectivity index (χ2n) is 9.88. The number of carbonyl (C=O) groups excluding carboxylic acids is 1. The monoisotopic (exact) mass is 452 g/mol. The highest BCUT2D eigenvalue weighted by molar-refractivity contribution is 6.05. The third kappa shape index (κ3) is 4.69. The molecular weight excluding hydrogens is 420 g/mol. The maximum Gasteiger partial charge on any atom is 0.254 e. The van der Waals surface area contributed by atoms with Crippen molar-refractivity contribution in [3.8, 4) is 6.07 Å². The Hall–Kier alpha value is -3.23. The van der Waals surface area contributed by atoms with E-state index in [1.54, 1.807) is 6.20 Å². The summed E-state index contributed by atoms with van der Waals surface area (Å²) in [5.41, 5.74) is 5.10. The lowest BCUT2D eigenvalue weighted by atomic mass is 9.83. The lowest BCUT2D eigenvalue weighted by molar-refractivity contribution is 0.0671. The van der Waals surface area contributed by atoms with Gasteiger partial charge in [-0.3, -0.25) is 14.7 Å². The number of fused-ring (bicyclic) bond motifs is 2. The highest BCUT2D eigenvalue weighted by Crippen LogP contribution is 2.31. The molecule has 1 aliphatic heterocycles. The molecule has 1 amide bonds. The minimum Gasteiger partial charge on any atom is -0.339 e. The molecule has 5 heteroatoms. The summed E-state index contributed by atoms with van der Waals surface area (Å²) in [7, 11) is 1.96. The number of rotatable bonds is 5. The molecule has 2 heterocycles. The van der Waals surface area contributed by atoms with Gasteiger partial charge in [-0.05, 0) is 86.4 Å². The Morgan fingerprint density at radius 1 is 1.12 bits per heavy atom. The maximum atomic E-state index is 13.3. The van der Waals surface area contributed by atoms with Gasteiger partial charge in [-0.2, -0.15) is 5.26 Å². The molecule has 1 saturated carbocycles. The van der Waals surface area contributed by atoms with Gasteiger partial charge in [0.15, 0.2) is 0 Å². The van der Waals surface area contributed by atoms with E-state index >= 15 is 0 Å². The number of para-hydroxylation sites is 1. The van der Waals surface area contributed by atoms with Crippen molar-refractivity contribution in [3.63, 3.8) is 0 Å². The van der Waals surface area contributed by atoms with Crippen molar-refractivity contribution in [3.05, 3.63) is 77.0 Å². The van der Waals surface area contributed by atoms with E-state index < -0.39 is 0 Å². The first kappa shape index (κ1) is 22.6. The number of benzene rings is 2. The molecule has 0 N–H and O–H groups in total. The number of amides is 1. The van der Waals surface area contributed by atoms with Crippen LogP contribution in [0.1, 0.15) is 59.2 Å². The van der Waals surface area contributed by atoms with Crippen LogP contribution < -0.4 is 0 Å². The first-order valence-corrected chi connectivity index (χ1v) is 12.5. The zero-order valence-corrected chi connectivity index (χ0v) is 19.9. The predicted octanol–water partition coefficient (Wildman–Crippen LogP) is 5.19. The van der Waals surface area contributed by atoms with Gasteiger partial charge in [-0.1, -0.05) is 24.3 Å². The highest BCUT2D eigenvalue weighted by Gasteiger charge is 2.28. The number of hydrogen-bond acceptors (Lipinski definition) is 4. The van der Waals surface area contributed by atoms with Crippen LogP contribution in [0.5, 0.6) is 0 Å². The van der Waals surface area contributed by atoms with Crippen LogP contribution in [0.2, 0.25) is 0 Å². The molecule has 1 fully saturated rings. The van der Waals surface area contributed by atoms with Crippen molar-refractivity contribution >= 4 is 16.8 Å². The van der Waals surface area contributed by atoms with E-state index in [-0.39, 0.29) is 5.91 Å². The van der Waals surface area contributed by atoms with Crippen LogP contribution in [-0.4, -0.2) is 46.9 Å². The van der Waals surface area contributed by atoms with Gasteiger partial charge in [0.05, 0.1) is 22.7 Å². The van der Waals surface area contributed by atoms with Gasteiger partial charge in [-0.25, -0.2) is 0 Å². The van der Waals surface area contributed by atoms with Gasteiger partial charge in [0, 0.05) is 37.8 Å². The number of aromatic nitrogens is 1. The third-order valence-electron chi connectivity index (χ3n) is 7.84. The normalized spacial score (nSPS) is 20.5. The molecule has 0 atom stereocenters. The maximum absolute atomic E-state index is 13.3. The van der Waals surface area contributed by atoms with Gasteiger partial charge in [-0.15, -0.1) is 0 Å². The van der Waals surface area contributed by atoms with Crippen molar-refractivity contribution in [2.75, 3.05) is 20.1 Å². The number of hydrogen-bond donors (Lipinski definition) is 0. The average molecular weight is 453 g/mol. The first-order chi connectivity index (χ1) is 16.6. The molecule has 0 radical (unpaired) electrons. The van der Waals surface area contributed by atoms with E-state index in [4.69, 9.17) is 5.26 Å². The Morgan fingerprint density at radius 3 is 2.76 bits per heavy atom. The SMILES string of the molecule is CN(C(=O)c1ccnc2ccccc12)C1CCC(CCN2CCc3cc(C#N)ccc3C2)CC1. The zero-order valence-electron chi connectivity index (χ0n) is 19.9. The van der Waals surface area contributed by atoms with Crippen LogP contribution in [0.3, 0.4) is 0 Å². The third-order valence-corrected chi connectivity index (χ3v) is 7.84. The summed E-state index contributed by atoms with van der Waals surface area (Å²) >= 11 is 0. The Bertz CT molecular complexity index is 1220. The Labute approximate surface area is 202 Å². The summed E-state index contributed by atoms with van der Waals surface area (Å²) in [4.78, 5) is 22.2. The van der Waals surface area contributed by atoms with Crippen molar-refractivity contribution in [2.45, 2.75) is 51.1 Å². The Morgan fingerprint density at radius 2 is 1.94 bits per heavy atom. The predicted molar refractivity (Wildman–Crippen MR) is 134 cm³/mol. The highest BCUT2D eigenvalue weighted by atomic mass is 16.2. The minimum atomic E-state index is 0.105. The van der Waals surface area contributed by atoms with Crippen LogP contribution in [0.25, 0.3) is 10.9 Å². The fraction of sp³-hybridized carbons (Fsp3) is 0.414. The summed E-state index contributed by atoms with van der Waals surface area (Å²) in [6.07, 6.45) is 8.54. The number of nitrogens with zero attached hydrogens (tertiary/aromatic N) is 4. The lowest BCUT2D eigenvalue weighted by Gasteiger charge is -2.36. The molecule has 0 bridgehead atoms. The summed E-state index contributed by atoms with van der Waals surface area (Å²) < 4.78 is 0. The second-order valence-corrected chi connectivity index (χ2v) is 9.88. The molecule has 1 aromatic heterocycles. The van der Waals surface area contributed by atoms with Crippen LogP contribution in [-0.2, 0) is 13.0 Å². The molecule has 174 valence electrons. The van der Waals surface area contributed by atoms with Crippen LogP contribution in [0, 0.1) is 17.2 Å². The molecule has 5 rings (SSSR count). The van der Waals surface area contributed by atoms with E-state index in [0.29, 0.717) is 6.04 Å². The lowest BCUT2D eigenvalue weighted by Crippen LogP contribution is -2.40. The number of pyridine rings is 1. The quantitative estimate of drug-likeness (QED) is 0.535. The molecule has 34 heavy (non-hydrogen) atoms. The first-order valence-electron chi connectivity index (χ1n) is 12.5. The van der Waals surface area contributed by atoms with Gasteiger partial charge >= 0.3 is 0 Å². The van der Waals surface area contributed by atoms with Gasteiger partial charge in [0.2, 0.25) is 0 Å². The number of carbonyl (C=O) groups is 1. The summed E-state index contributed by atoms with van der Waals surface area (Å²) in [5, 5.41) is 10.1.